The summed E-state index contributed by atoms with van der Waals surface area (Å²) in [5, 5.41) is -1.09. The van der Waals surface area contributed by atoms with Crippen molar-refractivity contribution in [2.75, 3.05) is 19.4 Å². The lowest BCUT2D eigenvalue weighted by Crippen LogP contribution is -2.35. The number of hydrogen-bond donors (Lipinski definition) is 0. The van der Waals surface area contributed by atoms with Gasteiger partial charge in [0.25, 0.3) is 0 Å². The van der Waals surface area contributed by atoms with Crippen LogP contribution < -0.4 is 0 Å². The summed E-state index contributed by atoms with van der Waals surface area (Å²) in [6.45, 7) is 14.3. The third kappa shape index (κ3) is 6.52. The lowest BCUT2D eigenvalue weighted by molar-refractivity contribution is -0.146. The Morgan fingerprint density at radius 2 is 1.52 bits per heavy atom. The van der Waals surface area contributed by atoms with Crippen LogP contribution in [0.5, 0.6) is 0 Å². The minimum Gasteiger partial charge on any atom is -0.465 e. The van der Waals surface area contributed by atoms with Crippen molar-refractivity contribution < 1.29 is 18.6 Å². The molecule has 0 aliphatic carbocycles. The quantitative estimate of drug-likeness (QED) is 0.432. The highest BCUT2D eigenvalue weighted by Crippen LogP contribution is 2.59. The van der Waals surface area contributed by atoms with E-state index >= 15 is 0 Å². The normalized spacial score (nSPS) is 15.3. The molecule has 0 aromatic heterocycles. The van der Waals surface area contributed by atoms with Crippen LogP contribution in [0.15, 0.2) is 0 Å². The van der Waals surface area contributed by atoms with Crippen molar-refractivity contribution in [3.63, 3.8) is 0 Å². The number of carbonyl (C=O) groups excluding carboxylic acids is 1. The smallest absolute Gasteiger partial charge is 0.321 e. The van der Waals surface area contributed by atoms with Gasteiger partial charge in [-0.3, -0.25) is 9.36 Å². The van der Waals surface area contributed by atoms with Crippen molar-refractivity contribution in [2.24, 2.45) is 11.8 Å². The molecule has 126 valence electrons. The van der Waals surface area contributed by atoms with Crippen LogP contribution in [0, 0.1) is 11.8 Å². The minimum absolute atomic E-state index is 0.345. The summed E-state index contributed by atoms with van der Waals surface area (Å²) in [5.41, 5.74) is 0. The number of carbonyl (C=O) groups is 1. The molecular formula is C16H33O4P. The molecule has 4 nitrogen and oxygen atoms in total. The lowest BCUT2D eigenvalue weighted by atomic mass is 10.1. The Bertz CT molecular complexity index is 361. The highest BCUT2D eigenvalue weighted by Gasteiger charge is 2.47. The second-order valence-electron chi connectivity index (χ2n) is 6.88. The molecule has 0 radical (unpaired) electrons. The van der Waals surface area contributed by atoms with Crippen LogP contribution in [0.4, 0.5) is 0 Å². The van der Waals surface area contributed by atoms with Gasteiger partial charge in [-0.2, -0.15) is 0 Å². The van der Waals surface area contributed by atoms with Gasteiger partial charge in [0.2, 0.25) is 7.37 Å². The van der Waals surface area contributed by atoms with Crippen molar-refractivity contribution in [3.05, 3.63) is 0 Å². The van der Waals surface area contributed by atoms with Gasteiger partial charge in [-0.25, -0.2) is 0 Å². The van der Waals surface area contributed by atoms with E-state index in [1.807, 2.05) is 0 Å². The van der Waals surface area contributed by atoms with Gasteiger partial charge in [0.05, 0.1) is 13.2 Å². The molecule has 0 N–H and O–H groups in total. The Hall–Kier alpha value is -0.340. The zero-order valence-electron chi connectivity index (χ0n) is 14.8. The maximum atomic E-state index is 13.0. The molecule has 1 unspecified atom stereocenters. The second-order valence-corrected chi connectivity index (χ2v) is 10.2. The van der Waals surface area contributed by atoms with E-state index in [2.05, 4.69) is 27.7 Å². The molecule has 0 aliphatic rings. The van der Waals surface area contributed by atoms with Gasteiger partial charge in [-0.1, -0.05) is 34.6 Å². The fraction of sp³-hybridized carbons (Fsp3) is 0.938. The molecule has 5 heteroatoms. The van der Waals surface area contributed by atoms with E-state index in [1.54, 1.807) is 20.8 Å². The van der Waals surface area contributed by atoms with E-state index < -0.39 is 18.5 Å². The number of esters is 1. The molecule has 1 atom stereocenters. The summed E-state index contributed by atoms with van der Waals surface area (Å²) < 4.78 is 24.0. The molecule has 0 aliphatic heterocycles. The molecule has 0 aromatic carbocycles. The standard InChI is InChI=1S/C16H33O4P/c1-8-21(18,20-12-10-14(4)5)16(6,7)15(17)19-11-9-13(2)3/h13-14H,8-12H2,1-7H3. The van der Waals surface area contributed by atoms with Crippen molar-refractivity contribution in [1.82, 2.24) is 0 Å². The van der Waals surface area contributed by atoms with Crippen molar-refractivity contribution in [2.45, 2.75) is 66.5 Å². The largest absolute Gasteiger partial charge is 0.465 e. The molecule has 0 amide bonds. The zero-order chi connectivity index (χ0) is 16.7. The van der Waals surface area contributed by atoms with E-state index in [9.17, 15) is 9.36 Å². The Labute approximate surface area is 130 Å². The average Bonchev–Trinajstić information content (AvgIpc) is 2.37. The Kier molecular flexibility index (Phi) is 8.80. The predicted molar refractivity (Wildman–Crippen MR) is 88.0 cm³/mol. The maximum absolute atomic E-state index is 13.0. The Balaban J connectivity index is 4.71. The van der Waals surface area contributed by atoms with Crippen molar-refractivity contribution in [1.29, 1.82) is 0 Å². The van der Waals surface area contributed by atoms with Gasteiger partial charge in [0.1, 0.15) is 5.16 Å². The maximum Gasteiger partial charge on any atom is 0.321 e. The fourth-order valence-electron chi connectivity index (χ4n) is 1.79. The summed E-state index contributed by atoms with van der Waals surface area (Å²) >= 11 is 0. The molecule has 0 saturated carbocycles. The second kappa shape index (κ2) is 8.95. The van der Waals surface area contributed by atoms with E-state index in [1.165, 1.54) is 0 Å². The van der Waals surface area contributed by atoms with Gasteiger partial charge in [0, 0.05) is 6.16 Å². The van der Waals surface area contributed by atoms with Gasteiger partial charge >= 0.3 is 5.97 Å². The summed E-state index contributed by atoms with van der Waals surface area (Å²) in [4.78, 5) is 12.3. The molecule has 0 heterocycles. The van der Waals surface area contributed by atoms with Crippen LogP contribution in [0.25, 0.3) is 0 Å². The van der Waals surface area contributed by atoms with E-state index in [0.29, 0.717) is 31.2 Å². The van der Waals surface area contributed by atoms with Gasteiger partial charge in [-0.15, -0.1) is 0 Å². The molecule has 0 spiro atoms. The van der Waals surface area contributed by atoms with Crippen molar-refractivity contribution in [3.8, 4) is 0 Å². The van der Waals surface area contributed by atoms with Crippen LogP contribution in [0.3, 0.4) is 0 Å². The highest BCUT2D eigenvalue weighted by atomic mass is 31.2. The fourth-order valence-corrected chi connectivity index (χ4v) is 3.83. The molecular weight excluding hydrogens is 287 g/mol. The van der Waals surface area contributed by atoms with Crippen LogP contribution in [0.1, 0.15) is 61.3 Å². The van der Waals surface area contributed by atoms with Gasteiger partial charge in [-0.05, 0) is 38.5 Å². The van der Waals surface area contributed by atoms with E-state index in [-0.39, 0.29) is 0 Å². The Morgan fingerprint density at radius 1 is 1.05 bits per heavy atom. The summed E-state index contributed by atoms with van der Waals surface area (Å²) in [7, 11) is -3.05. The number of rotatable bonds is 10. The summed E-state index contributed by atoms with van der Waals surface area (Å²) in [6, 6.07) is 0. The molecule has 21 heavy (non-hydrogen) atoms. The van der Waals surface area contributed by atoms with Crippen LogP contribution in [-0.4, -0.2) is 30.5 Å². The van der Waals surface area contributed by atoms with Gasteiger partial charge in [0.15, 0.2) is 0 Å². The van der Waals surface area contributed by atoms with Gasteiger partial charge < -0.3 is 9.26 Å². The van der Waals surface area contributed by atoms with E-state index in [4.69, 9.17) is 9.26 Å². The molecule has 0 rings (SSSR count). The summed E-state index contributed by atoms with van der Waals surface area (Å²) in [6.07, 6.45) is 1.99. The first-order chi connectivity index (χ1) is 9.56. The van der Waals surface area contributed by atoms with Crippen LogP contribution in [0.2, 0.25) is 0 Å². The molecule has 0 fully saturated rings. The minimum atomic E-state index is -3.05. The topological polar surface area (TPSA) is 52.6 Å². The first-order valence-electron chi connectivity index (χ1n) is 7.97. The number of hydrogen-bond acceptors (Lipinski definition) is 4. The van der Waals surface area contributed by atoms with Crippen molar-refractivity contribution >= 4 is 13.3 Å². The zero-order valence-corrected chi connectivity index (χ0v) is 15.7. The summed E-state index contributed by atoms with van der Waals surface area (Å²) in [5.74, 6) is 0.537. The first kappa shape index (κ1) is 20.7. The molecule has 0 saturated heterocycles. The average molecular weight is 320 g/mol. The number of ether oxygens (including phenoxy) is 1. The van der Waals surface area contributed by atoms with Crippen LogP contribution >= 0.6 is 7.37 Å². The highest BCUT2D eigenvalue weighted by molar-refractivity contribution is 7.61. The third-order valence-corrected chi connectivity index (χ3v) is 7.01. The molecule has 0 bridgehead atoms. The van der Waals surface area contributed by atoms with E-state index in [0.717, 1.165) is 12.8 Å². The predicted octanol–water partition coefficient (Wildman–Crippen LogP) is 4.72. The molecule has 0 aromatic rings. The Morgan fingerprint density at radius 3 is 1.95 bits per heavy atom. The monoisotopic (exact) mass is 320 g/mol. The van der Waals surface area contributed by atoms with Crippen LogP contribution in [-0.2, 0) is 18.6 Å². The third-order valence-electron chi connectivity index (χ3n) is 3.69. The lowest BCUT2D eigenvalue weighted by Gasteiger charge is -2.31. The SMILES string of the molecule is CCP(=O)(OCCC(C)C)C(C)(C)C(=O)OCCC(C)C. The first-order valence-corrected chi connectivity index (χ1v) is 9.78.